The molecule has 1 atom stereocenters. The number of sulfonamides is 1. The van der Waals surface area contributed by atoms with Gasteiger partial charge in [-0.3, -0.25) is 4.79 Å². The number of Topliss-reactive ketones (excluding diaryl/α,β-unsaturated/α-hetero) is 1. The van der Waals surface area contributed by atoms with Crippen LogP contribution in [-0.4, -0.2) is 21.3 Å². The summed E-state index contributed by atoms with van der Waals surface area (Å²) in [6, 6.07) is 11.1. The van der Waals surface area contributed by atoms with Gasteiger partial charge in [-0.2, -0.15) is 0 Å². The van der Waals surface area contributed by atoms with Crippen LogP contribution in [0.1, 0.15) is 41.4 Å². The Hall–Kier alpha value is -2.18. The third kappa shape index (κ3) is 4.01. The fraction of sp³-hybridized carbons (Fsp3) is 0.278. The van der Waals surface area contributed by atoms with Crippen LogP contribution in [0, 0.1) is 6.92 Å². The molecule has 1 unspecified atom stereocenters. The summed E-state index contributed by atoms with van der Waals surface area (Å²) in [5, 5.41) is 0. The smallest absolute Gasteiger partial charge is 0.241 e. The molecule has 0 aliphatic rings. The lowest BCUT2D eigenvalue weighted by Crippen LogP contribution is -2.27. The standard InChI is InChI=1S/C18H21NO4S/c1-12-8-9-18(23-4)17(10-12)13(2)19-24(21,22)16-7-5-6-15(11-16)14(3)20/h5-11,13,19H,1-4H3. The molecule has 2 aromatic rings. The van der Waals surface area contributed by atoms with E-state index in [-0.39, 0.29) is 10.7 Å². The Balaban J connectivity index is 2.34. The van der Waals surface area contributed by atoms with Crippen LogP contribution < -0.4 is 9.46 Å². The number of hydrogen-bond acceptors (Lipinski definition) is 4. The van der Waals surface area contributed by atoms with Crippen molar-refractivity contribution >= 4 is 15.8 Å². The summed E-state index contributed by atoms with van der Waals surface area (Å²) in [5.74, 6) is 0.439. The predicted molar refractivity (Wildman–Crippen MR) is 92.9 cm³/mol. The number of ether oxygens (including phenoxy) is 1. The van der Waals surface area contributed by atoms with Crippen LogP contribution in [0.5, 0.6) is 5.75 Å². The van der Waals surface area contributed by atoms with E-state index in [2.05, 4.69) is 4.72 Å². The van der Waals surface area contributed by atoms with Crippen molar-refractivity contribution in [3.05, 3.63) is 59.2 Å². The molecule has 1 N–H and O–H groups in total. The van der Waals surface area contributed by atoms with Gasteiger partial charge < -0.3 is 4.74 Å². The van der Waals surface area contributed by atoms with Gasteiger partial charge in [0, 0.05) is 17.2 Å². The van der Waals surface area contributed by atoms with Gasteiger partial charge in [-0.15, -0.1) is 0 Å². The number of carbonyl (C=O) groups excluding carboxylic acids is 1. The van der Waals surface area contributed by atoms with Gasteiger partial charge >= 0.3 is 0 Å². The van der Waals surface area contributed by atoms with E-state index in [0.29, 0.717) is 11.3 Å². The molecule has 2 rings (SSSR count). The molecule has 0 aromatic heterocycles. The van der Waals surface area contributed by atoms with Gasteiger partial charge in [-0.25, -0.2) is 13.1 Å². The van der Waals surface area contributed by atoms with Crippen LogP contribution in [0.15, 0.2) is 47.4 Å². The topological polar surface area (TPSA) is 72.5 Å². The quantitative estimate of drug-likeness (QED) is 0.814. The summed E-state index contributed by atoms with van der Waals surface area (Å²) in [6.07, 6.45) is 0. The molecule has 6 heteroatoms. The van der Waals surface area contributed by atoms with Crippen molar-refractivity contribution in [2.75, 3.05) is 7.11 Å². The molecule has 0 heterocycles. The summed E-state index contributed by atoms with van der Waals surface area (Å²) in [7, 11) is -2.21. The van der Waals surface area contributed by atoms with Gasteiger partial charge in [0.15, 0.2) is 5.78 Å². The Morgan fingerprint density at radius 3 is 2.50 bits per heavy atom. The minimum absolute atomic E-state index is 0.0636. The average molecular weight is 347 g/mol. The molecule has 0 radical (unpaired) electrons. The highest BCUT2D eigenvalue weighted by atomic mass is 32.2. The van der Waals surface area contributed by atoms with E-state index in [4.69, 9.17) is 4.74 Å². The second kappa shape index (κ2) is 7.15. The summed E-state index contributed by atoms with van der Waals surface area (Å²) in [5.41, 5.74) is 2.12. The Labute approximate surface area is 142 Å². The van der Waals surface area contributed by atoms with Gasteiger partial charge in [-0.1, -0.05) is 29.8 Å². The normalized spacial score (nSPS) is 12.7. The Kier molecular flexibility index (Phi) is 5.41. The molecule has 0 saturated carbocycles. The van der Waals surface area contributed by atoms with Crippen LogP contribution in [-0.2, 0) is 10.0 Å². The van der Waals surface area contributed by atoms with E-state index >= 15 is 0 Å². The van der Waals surface area contributed by atoms with Crippen molar-refractivity contribution < 1.29 is 17.9 Å². The van der Waals surface area contributed by atoms with Crippen molar-refractivity contribution in [2.24, 2.45) is 0 Å². The molecule has 0 aliphatic carbocycles. The minimum Gasteiger partial charge on any atom is -0.496 e. The Morgan fingerprint density at radius 2 is 1.88 bits per heavy atom. The van der Waals surface area contributed by atoms with E-state index in [1.54, 1.807) is 26.2 Å². The van der Waals surface area contributed by atoms with Gasteiger partial charge in [-0.05, 0) is 39.0 Å². The number of benzene rings is 2. The zero-order valence-corrected chi connectivity index (χ0v) is 15.0. The molecule has 2 aromatic carbocycles. The number of hydrogen-bond donors (Lipinski definition) is 1. The molecule has 128 valence electrons. The lowest BCUT2D eigenvalue weighted by molar-refractivity contribution is 0.101. The second-order valence-corrected chi connectivity index (χ2v) is 7.39. The molecule has 24 heavy (non-hydrogen) atoms. The van der Waals surface area contributed by atoms with Crippen molar-refractivity contribution in [2.45, 2.75) is 31.7 Å². The van der Waals surface area contributed by atoms with E-state index in [1.807, 2.05) is 25.1 Å². The first-order valence-corrected chi connectivity index (χ1v) is 9.01. The lowest BCUT2D eigenvalue weighted by atomic mass is 10.1. The van der Waals surface area contributed by atoms with Crippen LogP contribution in [0.3, 0.4) is 0 Å². The highest BCUT2D eigenvalue weighted by Gasteiger charge is 2.21. The van der Waals surface area contributed by atoms with Crippen molar-refractivity contribution in [1.82, 2.24) is 4.72 Å². The van der Waals surface area contributed by atoms with E-state index in [1.165, 1.54) is 19.1 Å². The number of carbonyl (C=O) groups is 1. The van der Waals surface area contributed by atoms with Crippen molar-refractivity contribution in [1.29, 1.82) is 0 Å². The SMILES string of the molecule is COc1ccc(C)cc1C(C)NS(=O)(=O)c1cccc(C(C)=O)c1. The monoisotopic (exact) mass is 347 g/mol. The summed E-state index contributed by atoms with van der Waals surface area (Å²) >= 11 is 0. The number of aryl methyl sites for hydroxylation is 1. The highest BCUT2D eigenvalue weighted by Crippen LogP contribution is 2.27. The maximum absolute atomic E-state index is 12.6. The molecular weight excluding hydrogens is 326 g/mol. The van der Waals surface area contributed by atoms with Gasteiger partial charge in [0.05, 0.1) is 12.0 Å². The van der Waals surface area contributed by atoms with E-state index < -0.39 is 16.1 Å². The third-order valence-corrected chi connectivity index (χ3v) is 5.27. The largest absolute Gasteiger partial charge is 0.496 e. The zero-order chi connectivity index (χ0) is 17.9. The summed E-state index contributed by atoms with van der Waals surface area (Å²) in [6.45, 7) is 5.09. The molecule has 0 aliphatic heterocycles. The maximum Gasteiger partial charge on any atom is 0.241 e. The number of methoxy groups -OCH3 is 1. The fourth-order valence-electron chi connectivity index (χ4n) is 2.44. The lowest BCUT2D eigenvalue weighted by Gasteiger charge is -2.18. The fourth-order valence-corrected chi connectivity index (χ4v) is 3.71. The Bertz CT molecular complexity index is 859. The molecule has 0 fully saturated rings. The first kappa shape index (κ1) is 18.2. The van der Waals surface area contributed by atoms with Crippen molar-refractivity contribution in [3.8, 4) is 5.75 Å². The van der Waals surface area contributed by atoms with Gasteiger partial charge in [0.2, 0.25) is 10.0 Å². The van der Waals surface area contributed by atoms with Gasteiger partial charge in [0.25, 0.3) is 0 Å². The summed E-state index contributed by atoms with van der Waals surface area (Å²) < 4.78 is 33.2. The Morgan fingerprint density at radius 1 is 1.17 bits per heavy atom. The second-order valence-electron chi connectivity index (χ2n) is 5.67. The first-order chi connectivity index (χ1) is 11.2. The average Bonchev–Trinajstić information content (AvgIpc) is 2.54. The first-order valence-electron chi connectivity index (χ1n) is 7.52. The number of rotatable bonds is 6. The molecule has 0 bridgehead atoms. The predicted octanol–water partition coefficient (Wildman–Crippen LogP) is 3.25. The van der Waals surface area contributed by atoms with E-state index in [9.17, 15) is 13.2 Å². The van der Waals surface area contributed by atoms with E-state index in [0.717, 1.165) is 11.1 Å². The summed E-state index contributed by atoms with van der Waals surface area (Å²) in [4.78, 5) is 11.5. The highest BCUT2D eigenvalue weighted by molar-refractivity contribution is 7.89. The number of nitrogens with one attached hydrogen (secondary N) is 1. The maximum atomic E-state index is 12.6. The molecule has 0 amide bonds. The van der Waals surface area contributed by atoms with Crippen LogP contribution in [0.25, 0.3) is 0 Å². The third-order valence-electron chi connectivity index (χ3n) is 3.73. The molecule has 0 saturated heterocycles. The molecule has 5 nitrogen and oxygen atoms in total. The van der Waals surface area contributed by atoms with Crippen LogP contribution in [0.4, 0.5) is 0 Å². The number of ketones is 1. The molecule has 0 spiro atoms. The zero-order valence-electron chi connectivity index (χ0n) is 14.2. The minimum atomic E-state index is -3.76. The van der Waals surface area contributed by atoms with Gasteiger partial charge in [0.1, 0.15) is 5.75 Å². The van der Waals surface area contributed by atoms with Crippen LogP contribution >= 0.6 is 0 Å². The molecular formula is C18H21NO4S. The van der Waals surface area contributed by atoms with Crippen LogP contribution in [0.2, 0.25) is 0 Å². The van der Waals surface area contributed by atoms with Crippen molar-refractivity contribution in [3.63, 3.8) is 0 Å².